The van der Waals surface area contributed by atoms with Gasteiger partial charge in [0, 0.05) is 10.6 Å². The van der Waals surface area contributed by atoms with E-state index in [0.717, 1.165) is 24.3 Å². The molecule has 0 heterocycles. The van der Waals surface area contributed by atoms with Crippen LogP contribution < -0.4 is 5.11 Å². The lowest BCUT2D eigenvalue weighted by atomic mass is 10.0. The van der Waals surface area contributed by atoms with Crippen LogP contribution in [0.15, 0.2) is 24.3 Å². The maximum Gasteiger partial charge on any atom is 0.336 e. The summed E-state index contributed by atoms with van der Waals surface area (Å²) in [5.41, 5.74) is -0.735. The normalized spacial score (nSPS) is 11.1. The fourth-order valence-electron chi connectivity index (χ4n) is 0.918. The molecule has 0 aliphatic rings. The van der Waals surface area contributed by atoms with Crippen LogP contribution in [0.25, 0.3) is 0 Å². The Morgan fingerprint density at radius 1 is 1.20 bits per heavy atom. The van der Waals surface area contributed by atoms with Gasteiger partial charge in [0.15, 0.2) is 0 Å². The van der Waals surface area contributed by atoms with E-state index >= 15 is 0 Å². The van der Waals surface area contributed by atoms with E-state index < -0.39 is 23.2 Å². The van der Waals surface area contributed by atoms with E-state index in [1.54, 1.807) is 0 Å². The SMILES string of the molecule is O=C([O-])C(=O)C(F)(F)c1ccc(Cl)cc1. The predicted molar refractivity (Wildman–Crippen MR) is 45.4 cm³/mol. The first-order chi connectivity index (χ1) is 6.85. The summed E-state index contributed by atoms with van der Waals surface area (Å²) in [5.74, 6) is -8.79. The molecule has 0 aliphatic carbocycles. The number of ketones is 1. The van der Waals surface area contributed by atoms with E-state index in [1.165, 1.54) is 0 Å². The minimum Gasteiger partial charge on any atom is -0.542 e. The number of carbonyl (C=O) groups is 2. The fourth-order valence-corrected chi connectivity index (χ4v) is 1.04. The highest BCUT2D eigenvalue weighted by atomic mass is 35.5. The number of hydrogen-bond donors (Lipinski definition) is 0. The summed E-state index contributed by atoms with van der Waals surface area (Å²) in [5, 5.41) is 10.2. The molecule has 0 atom stereocenters. The number of carboxylic acid groups (broad SMARTS) is 1. The molecule has 0 unspecified atom stereocenters. The Labute approximate surface area is 88.3 Å². The monoisotopic (exact) mass is 233 g/mol. The molecule has 0 bridgehead atoms. The largest absolute Gasteiger partial charge is 0.542 e. The second kappa shape index (κ2) is 3.94. The van der Waals surface area contributed by atoms with Gasteiger partial charge in [-0.25, -0.2) is 0 Å². The molecule has 0 N–H and O–H groups in total. The Balaban J connectivity index is 3.10. The minimum atomic E-state index is -4.09. The van der Waals surface area contributed by atoms with Crippen LogP contribution in [0.2, 0.25) is 5.02 Å². The van der Waals surface area contributed by atoms with Crippen LogP contribution >= 0.6 is 11.6 Å². The number of carboxylic acids is 1. The van der Waals surface area contributed by atoms with Gasteiger partial charge in [-0.15, -0.1) is 0 Å². The van der Waals surface area contributed by atoms with Crippen molar-refractivity contribution in [2.75, 3.05) is 0 Å². The van der Waals surface area contributed by atoms with Crippen LogP contribution in [0.3, 0.4) is 0 Å². The molecule has 0 aliphatic heterocycles. The molecular weight excluding hydrogens is 230 g/mol. The quantitative estimate of drug-likeness (QED) is 0.724. The minimum absolute atomic E-state index is 0.204. The number of carbonyl (C=O) groups excluding carboxylic acids is 2. The highest BCUT2D eigenvalue weighted by Crippen LogP contribution is 2.29. The maximum absolute atomic E-state index is 13.1. The Bertz CT molecular complexity index is 400. The standard InChI is InChI=1S/C9H5ClF2O3/c10-6-3-1-5(2-4-6)9(11,12)7(13)8(14)15/h1-4H,(H,14,15)/p-1. The first-order valence-corrected chi connectivity index (χ1v) is 4.13. The van der Waals surface area contributed by atoms with Crippen molar-refractivity contribution in [1.82, 2.24) is 0 Å². The van der Waals surface area contributed by atoms with E-state index in [9.17, 15) is 23.5 Å². The van der Waals surface area contributed by atoms with Gasteiger partial charge in [0.05, 0.1) is 0 Å². The summed E-state index contributed by atoms with van der Waals surface area (Å²) in [6, 6.07) is 4.02. The molecule has 0 amide bonds. The molecular formula is C9H4ClF2O3-. The van der Waals surface area contributed by atoms with Crippen LogP contribution in [0.5, 0.6) is 0 Å². The number of halogens is 3. The van der Waals surface area contributed by atoms with Crippen LogP contribution in [-0.4, -0.2) is 11.8 Å². The van der Waals surface area contributed by atoms with Gasteiger partial charge in [0.2, 0.25) is 0 Å². The lowest BCUT2D eigenvalue weighted by Crippen LogP contribution is -2.41. The number of aliphatic carboxylic acids is 1. The molecule has 80 valence electrons. The molecule has 3 nitrogen and oxygen atoms in total. The van der Waals surface area contributed by atoms with Crippen molar-refractivity contribution in [3.05, 3.63) is 34.9 Å². The number of benzene rings is 1. The third kappa shape index (κ3) is 2.30. The molecule has 1 aromatic rings. The Kier molecular flexibility index (Phi) is 3.04. The summed E-state index contributed by atoms with van der Waals surface area (Å²) < 4.78 is 26.2. The third-order valence-electron chi connectivity index (χ3n) is 1.68. The molecule has 0 spiro atoms. The Morgan fingerprint density at radius 3 is 2.07 bits per heavy atom. The Hall–Kier alpha value is -1.49. The smallest absolute Gasteiger partial charge is 0.336 e. The molecule has 0 radical (unpaired) electrons. The Morgan fingerprint density at radius 2 is 1.67 bits per heavy atom. The molecule has 0 saturated carbocycles. The summed E-state index contributed by atoms with van der Waals surface area (Å²) >= 11 is 5.45. The molecule has 1 rings (SSSR count). The van der Waals surface area contributed by atoms with Crippen LogP contribution in [-0.2, 0) is 15.5 Å². The summed E-state index contributed by atoms with van der Waals surface area (Å²) in [4.78, 5) is 20.6. The molecule has 0 saturated heterocycles. The van der Waals surface area contributed by atoms with E-state index in [4.69, 9.17) is 11.6 Å². The lowest BCUT2D eigenvalue weighted by Gasteiger charge is -2.15. The van der Waals surface area contributed by atoms with Gasteiger partial charge < -0.3 is 9.90 Å². The zero-order valence-electron chi connectivity index (χ0n) is 7.17. The molecule has 6 heteroatoms. The molecule has 0 aromatic heterocycles. The second-order valence-corrected chi connectivity index (χ2v) is 3.13. The van der Waals surface area contributed by atoms with Crippen molar-refractivity contribution in [3.8, 4) is 0 Å². The topological polar surface area (TPSA) is 57.2 Å². The van der Waals surface area contributed by atoms with Crippen molar-refractivity contribution >= 4 is 23.4 Å². The molecule has 0 fully saturated rings. The van der Waals surface area contributed by atoms with Gasteiger partial charge in [-0.05, 0) is 12.1 Å². The van der Waals surface area contributed by atoms with Gasteiger partial charge in [-0.1, -0.05) is 23.7 Å². The van der Waals surface area contributed by atoms with E-state index in [1.807, 2.05) is 0 Å². The van der Waals surface area contributed by atoms with Crippen molar-refractivity contribution in [3.63, 3.8) is 0 Å². The van der Waals surface area contributed by atoms with Gasteiger partial charge in [0.1, 0.15) is 5.97 Å². The first-order valence-electron chi connectivity index (χ1n) is 3.75. The predicted octanol–water partition coefficient (Wildman–Crippen LogP) is 0.751. The zero-order chi connectivity index (χ0) is 11.6. The number of alkyl halides is 2. The van der Waals surface area contributed by atoms with E-state index in [-0.39, 0.29) is 5.02 Å². The molecule has 15 heavy (non-hydrogen) atoms. The number of Topliss-reactive ketones (excluding diaryl/α,β-unsaturated/α-hetero) is 1. The van der Waals surface area contributed by atoms with Gasteiger partial charge in [0.25, 0.3) is 5.78 Å². The average molecular weight is 234 g/mol. The van der Waals surface area contributed by atoms with Crippen molar-refractivity contribution in [2.45, 2.75) is 5.92 Å². The highest BCUT2D eigenvalue weighted by molar-refractivity contribution is 6.34. The van der Waals surface area contributed by atoms with Crippen LogP contribution in [0, 0.1) is 0 Å². The summed E-state index contributed by atoms with van der Waals surface area (Å²) in [7, 11) is 0. The zero-order valence-corrected chi connectivity index (χ0v) is 7.92. The summed E-state index contributed by atoms with van der Waals surface area (Å²) in [6.07, 6.45) is 0. The maximum atomic E-state index is 13.1. The van der Waals surface area contributed by atoms with E-state index in [0.29, 0.717) is 0 Å². The van der Waals surface area contributed by atoms with Crippen molar-refractivity contribution in [2.24, 2.45) is 0 Å². The number of hydrogen-bond acceptors (Lipinski definition) is 3. The highest BCUT2D eigenvalue weighted by Gasteiger charge is 2.41. The fraction of sp³-hybridized carbons (Fsp3) is 0.111. The number of rotatable bonds is 3. The summed E-state index contributed by atoms with van der Waals surface area (Å²) in [6.45, 7) is 0. The van der Waals surface area contributed by atoms with Gasteiger partial charge in [-0.2, -0.15) is 8.78 Å². The molecule has 1 aromatic carbocycles. The third-order valence-corrected chi connectivity index (χ3v) is 1.93. The van der Waals surface area contributed by atoms with Gasteiger partial charge in [-0.3, -0.25) is 4.79 Å². The van der Waals surface area contributed by atoms with Crippen molar-refractivity contribution in [1.29, 1.82) is 0 Å². The lowest BCUT2D eigenvalue weighted by molar-refractivity contribution is -0.302. The second-order valence-electron chi connectivity index (χ2n) is 2.70. The van der Waals surface area contributed by atoms with E-state index in [2.05, 4.69) is 0 Å². The van der Waals surface area contributed by atoms with Crippen molar-refractivity contribution < 1.29 is 23.5 Å². The van der Waals surface area contributed by atoms with Gasteiger partial charge >= 0.3 is 5.92 Å². The van der Waals surface area contributed by atoms with Crippen LogP contribution in [0.1, 0.15) is 5.56 Å². The first kappa shape index (κ1) is 11.6. The average Bonchev–Trinajstić information content (AvgIpc) is 2.17. The van der Waals surface area contributed by atoms with Crippen LogP contribution in [0.4, 0.5) is 8.78 Å².